The van der Waals surface area contributed by atoms with Crippen LogP contribution in [0.4, 0.5) is 0 Å². The smallest absolute Gasteiger partial charge is 0.129 e. The summed E-state index contributed by atoms with van der Waals surface area (Å²) in [6, 6.07) is 6.06. The normalized spacial score (nSPS) is 19.1. The van der Waals surface area contributed by atoms with Crippen LogP contribution in [0.25, 0.3) is 0 Å². The van der Waals surface area contributed by atoms with Crippen LogP contribution in [0.3, 0.4) is 0 Å². The van der Waals surface area contributed by atoms with Crippen molar-refractivity contribution in [1.82, 2.24) is 9.80 Å². The maximum absolute atomic E-state index is 5.70. The summed E-state index contributed by atoms with van der Waals surface area (Å²) >= 11 is 5.04. The molecular formula is C16H25N3OS. The van der Waals surface area contributed by atoms with E-state index in [1.807, 2.05) is 12.1 Å². The van der Waals surface area contributed by atoms with Crippen LogP contribution in [-0.2, 0) is 6.54 Å². The Balaban J connectivity index is 1.97. The number of thiocarbonyl (C=S) groups is 1. The summed E-state index contributed by atoms with van der Waals surface area (Å²) < 4.78 is 5.38. The molecule has 1 aliphatic heterocycles. The summed E-state index contributed by atoms with van der Waals surface area (Å²) in [5.41, 5.74) is 7.72. The van der Waals surface area contributed by atoms with Gasteiger partial charge in [-0.1, -0.05) is 18.3 Å². The Labute approximate surface area is 132 Å². The number of hydrogen-bond donors (Lipinski definition) is 1. The molecule has 0 saturated carbocycles. The molecule has 1 fully saturated rings. The molecule has 2 rings (SSSR count). The van der Waals surface area contributed by atoms with Crippen molar-refractivity contribution in [2.75, 3.05) is 40.8 Å². The molecule has 1 aromatic rings. The molecule has 4 nitrogen and oxygen atoms in total. The van der Waals surface area contributed by atoms with Gasteiger partial charge in [0.05, 0.1) is 12.7 Å². The van der Waals surface area contributed by atoms with Crippen LogP contribution in [0.15, 0.2) is 18.2 Å². The van der Waals surface area contributed by atoms with Gasteiger partial charge in [0.2, 0.25) is 0 Å². The Morgan fingerprint density at radius 2 is 2.29 bits per heavy atom. The van der Waals surface area contributed by atoms with Gasteiger partial charge in [-0.05, 0) is 50.7 Å². The van der Waals surface area contributed by atoms with Gasteiger partial charge in [-0.15, -0.1) is 0 Å². The largest absolute Gasteiger partial charge is 0.496 e. The fourth-order valence-electron chi connectivity index (χ4n) is 3.03. The van der Waals surface area contributed by atoms with Crippen molar-refractivity contribution in [2.45, 2.75) is 13.0 Å². The summed E-state index contributed by atoms with van der Waals surface area (Å²) in [7, 11) is 6.02. The minimum absolute atomic E-state index is 0.376. The average molecular weight is 307 g/mol. The van der Waals surface area contributed by atoms with Gasteiger partial charge in [-0.25, -0.2) is 0 Å². The molecule has 0 spiro atoms. The molecule has 1 aliphatic rings. The minimum atomic E-state index is 0.376. The molecule has 21 heavy (non-hydrogen) atoms. The van der Waals surface area contributed by atoms with E-state index in [0.29, 0.717) is 4.99 Å². The molecule has 0 radical (unpaired) electrons. The second-order valence-electron chi connectivity index (χ2n) is 6.01. The molecule has 0 amide bonds. The third-order valence-electron chi connectivity index (χ3n) is 4.04. The van der Waals surface area contributed by atoms with Gasteiger partial charge >= 0.3 is 0 Å². The topological polar surface area (TPSA) is 41.7 Å². The zero-order valence-corrected chi connectivity index (χ0v) is 13.9. The monoisotopic (exact) mass is 307 g/mol. The van der Waals surface area contributed by atoms with Crippen molar-refractivity contribution < 1.29 is 4.74 Å². The average Bonchev–Trinajstić information content (AvgIpc) is 2.83. The second kappa shape index (κ2) is 7.20. The summed E-state index contributed by atoms with van der Waals surface area (Å²) in [6.07, 6.45) is 1.30. The highest BCUT2D eigenvalue weighted by atomic mass is 32.1. The lowest BCUT2D eigenvalue weighted by Crippen LogP contribution is -2.27. The summed E-state index contributed by atoms with van der Waals surface area (Å²) in [6.45, 7) is 4.46. The fourth-order valence-corrected chi connectivity index (χ4v) is 3.20. The molecule has 0 aromatic heterocycles. The first-order valence-electron chi connectivity index (χ1n) is 7.33. The predicted octanol–water partition coefficient (Wildman–Crippen LogP) is 1.71. The van der Waals surface area contributed by atoms with Gasteiger partial charge in [0.15, 0.2) is 0 Å². The van der Waals surface area contributed by atoms with Crippen molar-refractivity contribution in [3.63, 3.8) is 0 Å². The summed E-state index contributed by atoms with van der Waals surface area (Å²) in [5, 5.41) is 0. The van der Waals surface area contributed by atoms with E-state index in [4.69, 9.17) is 22.7 Å². The third kappa shape index (κ3) is 4.40. The number of nitrogens with two attached hydrogens (primary N) is 1. The van der Waals surface area contributed by atoms with E-state index in [0.717, 1.165) is 30.3 Å². The molecule has 1 aromatic carbocycles. The molecule has 5 heteroatoms. The van der Waals surface area contributed by atoms with Gasteiger partial charge in [0.25, 0.3) is 0 Å². The highest BCUT2D eigenvalue weighted by molar-refractivity contribution is 7.80. The molecule has 116 valence electrons. The molecule has 1 unspecified atom stereocenters. The number of ether oxygens (including phenoxy) is 1. The molecule has 1 atom stereocenters. The van der Waals surface area contributed by atoms with Gasteiger partial charge < -0.3 is 20.3 Å². The first kappa shape index (κ1) is 16.2. The third-order valence-corrected chi connectivity index (χ3v) is 4.26. The zero-order chi connectivity index (χ0) is 15.4. The number of hydrogen-bond acceptors (Lipinski definition) is 4. The van der Waals surface area contributed by atoms with Crippen LogP contribution in [0.5, 0.6) is 5.75 Å². The molecule has 1 saturated heterocycles. The number of rotatable bonds is 6. The minimum Gasteiger partial charge on any atom is -0.496 e. The highest BCUT2D eigenvalue weighted by Gasteiger charge is 2.20. The van der Waals surface area contributed by atoms with Gasteiger partial charge in [0.1, 0.15) is 10.7 Å². The summed E-state index contributed by atoms with van der Waals surface area (Å²) in [5.74, 6) is 1.53. The van der Waals surface area contributed by atoms with Crippen LogP contribution in [-0.4, -0.2) is 55.6 Å². The maximum atomic E-state index is 5.70. The van der Waals surface area contributed by atoms with Crippen molar-refractivity contribution in [1.29, 1.82) is 0 Å². The predicted molar refractivity (Wildman–Crippen MR) is 90.8 cm³/mol. The zero-order valence-electron chi connectivity index (χ0n) is 13.1. The van der Waals surface area contributed by atoms with E-state index < -0.39 is 0 Å². The Bertz CT molecular complexity index is 506. The van der Waals surface area contributed by atoms with Crippen molar-refractivity contribution in [2.24, 2.45) is 11.7 Å². The van der Waals surface area contributed by atoms with Crippen LogP contribution in [0, 0.1) is 5.92 Å². The second-order valence-corrected chi connectivity index (χ2v) is 6.45. The van der Waals surface area contributed by atoms with Gasteiger partial charge in [-0.2, -0.15) is 0 Å². The molecule has 1 heterocycles. The number of benzene rings is 1. The maximum Gasteiger partial charge on any atom is 0.129 e. The van der Waals surface area contributed by atoms with Gasteiger partial charge in [0, 0.05) is 19.6 Å². The first-order valence-corrected chi connectivity index (χ1v) is 7.74. The van der Waals surface area contributed by atoms with E-state index in [1.54, 1.807) is 7.11 Å². The number of methoxy groups -OCH3 is 1. The van der Waals surface area contributed by atoms with E-state index in [-0.39, 0.29) is 0 Å². The number of nitrogens with zero attached hydrogens (tertiary/aromatic N) is 2. The Hall–Kier alpha value is -1.17. The first-order chi connectivity index (χ1) is 9.99. The highest BCUT2D eigenvalue weighted by Crippen LogP contribution is 2.22. The quantitative estimate of drug-likeness (QED) is 0.811. The lowest BCUT2D eigenvalue weighted by molar-refractivity contribution is 0.267. The van der Waals surface area contributed by atoms with Crippen LogP contribution in [0.1, 0.15) is 17.5 Å². The Kier molecular flexibility index (Phi) is 5.56. The molecule has 0 aliphatic carbocycles. The Morgan fingerprint density at radius 1 is 1.52 bits per heavy atom. The number of likely N-dealkylation sites (tertiary alicyclic amines) is 1. The van der Waals surface area contributed by atoms with Crippen molar-refractivity contribution >= 4 is 17.2 Å². The van der Waals surface area contributed by atoms with E-state index in [1.165, 1.54) is 25.1 Å². The van der Waals surface area contributed by atoms with Crippen molar-refractivity contribution in [3.05, 3.63) is 29.3 Å². The van der Waals surface area contributed by atoms with Crippen LogP contribution < -0.4 is 10.5 Å². The molecule has 2 N–H and O–H groups in total. The lowest BCUT2D eigenvalue weighted by Gasteiger charge is -2.21. The summed E-state index contributed by atoms with van der Waals surface area (Å²) in [4.78, 5) is 5.15. The van der Waals surface area contributed by atoms with Crippen LogP contribution >= 0.6 is 12.2 Å². The Morgan fingerprint density at radius 3 is 2.86 bits per heavy atom. The fraction of sp³-hybridized carbons (Fsp3) is 0.562. The van der Waals surface area contributed by atoms with Crippen molar-refractivity contribution in [3.8, 4) is 5.75 Å². The van der Waals surface area contributed by atoms with Gasteiger partial charge in [-0.3, -0.25) is 0 Å². The van der Waals surface area contributed by atoms with E-state index in [9.17, 15) is 0 Å². The lowest BCUT2D eigenvalue weighted by atomic mass is 10.1. The van der Waals surface area contributed by atoms with E-state index in [2.05, 4.69) is 30.0 Å². The molecular weight excluding hydrogens is 282 g/mol. The van der Waals surface area contributed by atoms with Crippen LogP contribution in [0.2, 0.25) is 0 Å². The van der Waals surface area contributed by atoms with E-state index >= 15 is 0 Å². The molecule has 0 bridgehead atoms. The SMILES string of the molecule is COc1cc(CN(C)CC2CCN(C)C2)ccc1C(N)=S. The standard InChI is InChI=1S/C16H25N3OS/c1-18-7-6-13(10-18)11-19(2)9-12-4-5-14(16(17)21)15(8-12)20-3/h4-5,8,13H,6-7,9-11H2,1-3H3,(H2,17,21).